The number of sulfonamides is 1. The molecular formula is C15H19N3O6S. The van der Waals surface area contributed by atoms with Crippen LogP contribution >= 0.6 is 0 Å². The van der Waals surface area contributed by atoms with Gasteiger partial charge in [-0.2, -0.15) is 4.31 Å². The quantitative estimate of drug-likeness (QED) is 0.733. The highest BCUT2D eigenvalue weighted by Crippen LogP contribution is 2.31. The highest BCUT2D eigenvalue weighted by Gasteiger charge is 2.42. The highest BCUT2D eigenvalue weighted by atomic mass is 32.2. The largest absolute Gasteiger partial charge is 0.493 e. The molecule has 10 heteroatoms. The van der Waals surface area contributed by atoms with Crippen molar-refractivity contribution < 1.29 is 27.5 Å². The van der Waals surface area contributed by atoms with E-state index in [4.69, 9.17) is 9.47 Å². The number of methoxy groups -OCH3 is 2. The molecule has 0 saturated carbocycles. The van der Waals surface area contributed by atoms with Crippen molar-refractivity contribution in [2.24, 2.45) is 0 Å². The van der Waals surface area contributed by atoms with Gasteiger partial charge in [-0.25, -0.2) is 8.42 Å². The Kier molecular flexibility index (Phi) is 4.56. The summed E-state index contributed by atoms with van der Waals surface area (Å²) in [5.74, 6) is 0.177. The zero-order valence-electron chi connectivity index (χ0n) is 13.9. The van der Waals surface area contributed by atoms with Crippen molar-refractivity contribution >= 4 is 21.8 Å². The molecule has 136 valence electrons. The molecule has 0 aliphatic carbocycles. The molecule has 0 aromatic heterocycles. The first kappa shape index (κ1) is 17.5. The zero-order valence-corrected chi connectivity index (χ0v) is 14.7. The molecule has 2 amide bonds. The van der Waals surface area contributed by atoms with E-state index in [1.807, 2.05) is 0 Å². The Labute approximate surface area is 145 Å². The molecule has 0 spiro atoms. The molecule has 0 bridgehead atoms. The standard InChI is InChI=1S/C15H19N3O6S/c1-23-12-4-3-10(7-13(12)24-2)25(21,22)17-5-6-18-11(9-17)15(20)16-8-14(18)19/h3-4,7,11H,5-6,8-9H2,1-2H3,(H,16,20). The molecule has 1 N–H and O–H groups in total. The number of piperazine rings is 2. The first-order valence-corrected chi connectivity index (χ1v) is 9.12. The van der Waals surface area contributed by atoms with Crippen LogP contribution in [-0.4, -0.2) is 75.9 Å². The summed E-state index contributed by atoms with van der Waals surface area (Å²) in [4.78, 5) is 25.3. The van der Waals surface area contributed by atoms with Gasteiger partial charge in [0.05, 0.1) is 25.7 Å². The van der Waals surface area contributed by atoms with Gasteiger partial charge in [0.1, 0.15) is 6.04 Å². The second-order valence-corrected chi connectivity index (χ2v) is 7.64. The number of amides is 2. The van der Waals surface area contributed by atoms with Crippen molar-refractivity contribution in [3.05, 3.63) is 18.2 Å². The Morgan fingerprint density at radius 3 is 2.52 bits per heavy atom. The van der Waals surface area contributed by atoms with Gasteiger partial charge in [-0.1, -0.05) is 0 Å². The van der Waals surface area contributed by atoms with Crippen molar-refractivity contribution in [2.75, 3.05) is 40.4 Å². The minimum Gasteiger partial charge on any atom is -0.493 e. The van der Waals surface area contributed by atoms with Gasteiger partial charge in [0.15, 0.2) is 11.5 Å². The van der Waals surface area contributed by atoms with Crippen molar-refractivity contribution in [2.45, 2.75) is 10.9 Å². The van der Waals surface area contributed by atoms with E-state index >= 15 is 0 Å². The fourth-order valence-corrected chi connectivity index (χ4v) is 4.46. The average molecular weight is 369 g/mol. The van der Waals surface area contributed by atoms with E-state index in [0.29, 0.717) is 11.5 Å². The van der Waals surface area contributed by atoms with Crippen LogP contribution in [0.5, 0.6) is 11.5 Å². The maximum atomic E-state index is 12.9. The Balaban J connectivity index is 1.88. The van der Waals surface area contributed by atoms with E-state index in [1.54, 1.807) is 0 Å². The summed E-state index contributed by atoms with van der Waals surface area (Å²) in [5, 5.41) is 2.49. The van der Waals surface area contributed by atoms with E-state index in [1.165, 1.54) is 41.6 Å². The first-order chi connectivity index (χ1) is 11.9. The van der Waals surface area contributed by atoms with Crippen molar-refractivity contribution in [3.63, 3.8) is 0 Å². The fraction of sp³-hybridized carbons (Fsp3) is 0.467. The lowest BCUT2D eigenvalue weighted by molar-refractivity contribution is -0.147. The second kappa shape index (κ2) is 6.52. The molecule has 1 atom stereocenters. The van der Waals surface area contributed by atoms with Gasteiger partial charge in [-0.3, -0.25) is 9.59 Å². The van der Waals surface area contributed by atoms with Crippen LogP contribution in [0.1, 0.15) is 0 Å². The van der Waals surface area contributed by atoms with Crippen molar-refractivity contribution in [1.29, 1.82) is 0 Å². The number of fused-ring (bicyclic) bond motifs is 1. The van der Waals surface area contributed by atoms with Crippen LogP contribution in [0.15, 0.2) is 23.1 Å². The van der Waals surface area contributed by atoms with Crippen LogP contribution in [-0.2, 0) is 19.6 Å². The number of benzene rings is 1. The molecule has 2 saturated heterocycles. The predicted octanol–water partition coefficient (Wildman–Crippen LogP) is -0.965. The third-order valence-electron chi connectivity index (χ3n) is 4.37. The van der Waals surface area contributed by atoms with Gasteiger partial charge in [0.25, 0.3) is 0 Å². The lowest BCUT2D eigenvalue weighted by atomic mass is 10.1. The topological polar surface area (TPSA) is 105 Å². The number of nitrogens with zero attached hydrogens (tertiary/aromatic N) is 2. The molecule has 1 unspecified atom stereocenters. The molecule has 1 aromatic rings. The highest BCUT2D eigenvalue weighted by molar-refractivity contribution is 7.89. The molecule has 3 rings (SSSR count). The fourth-order valence-electron chi connectivity index (χ4n) is 3.01. The second-order valence-electron chi connectivity index (χ2n) is 5.70. The molecular weight excluding hydrogens is 350 g/mol. The summed E-state index contributed by atoms with van der Waals surface area (Å²) in [7, 11) is -0.947. The normalized spacial score (nSPS) is 21.5. The van der Waals surface area contributed by atoms with Crippen LogP contribution in [0.3, 0.4) is 0 Å². The molecule has 0 radical (unpaired) electrons. The van der Waals surface area contributed by atoms with Crippen LogP contribution in [0.2, 0.25) is 0 Å². The minimum atomic E-state index is -3.83. The minimum absolute atomic E-state index is 0.0427. The maximum absolute atomic E-state index is 12.9. The molecule has 9 nitrogen and oxygen atoms in total. The van der Waals surface area contributed by atoms with Gasteiger partial charge in [-0.15, -0.1) is 0 Å². The van der Waals surface area contributed by atoms with E-state index in [2.05, 4.69) is 5.32 Å². The van der Waals surface area contributed by atoms with Gasteiger partial charge < -0.3 is 19.7 Å². The average Bonchev–Trinajstić information content (AvgIpc) is 2.63. The summed E-state index contributed by atoms with van der Waals surface area (Å²) >= 11 is 0. The van der Waals surface area contributed by atoms with Crippen LogP contribution in [0.4, 0.5) is 0 Å². The molecule has 2 fully saturated rings. The third-order valence-corrected chi connectivity index (χ3v) is 6.23. The summed E-state index contributed by atoms with van der Waals surface area (Å²) in [6.45, 7) is 0.196. The predicted molar refractivity (Wildman–Crippen MR) is 86.8 cm³/mol. The van der Waals surface area contributed by atoms with Gasteiger partial charge in [-0.05, 0) is 12.1 Å². The third kappa shape index (κ3) is 3.02. The smallest absolute Gasteiger partial charge is 0.244 e. The van der Waals surface area contributed by atoms with E-state index < -0.39 is 16.1 Å². The number of hydrogen-bond acceptors (Lipinski definition) is 6. The number of ether oxygens (including phenoxy) is 2. The molecule has 2 aliphatic heterocycles. The van der Waals surface area contributed by atoms with Gasteiger partial charge in [0.2, 0.25) is 21.8 Å². The molecule has 1 aromatic carbocycles. The number of rotatable bonds is 4. The van der Waals surface area contributed by atoms with Gasteiger partial charge >= 0.3 is 0 Å². The summed E-state index contributed by atoms with van der Waals surface area (Å²) in [6, 6.07) is 3.52. The molecule has 2 heterocycles. The van der Waals surface area contributed by atoms with Crippen molar-refractivity contribution in [1.82, 2.24) is 14.5 Å². The van der Waals surface area contributed by atoms with Crippen molar-refractivity contribution in [3.8, 4) is 11.5 Å². The number of hydrogen-bond donors (Lipinski definition) is 1. The van der Waals surface area contributed by atoms with E-state index in [-0.39, 0.29) is 42.9 Å². The number of carbonyl (C=O) groups excluding carboxylic acids is 2. The van der Waals surface area contributed by atoms with Gasteiger partial charge in [0, 0.05) is 25.7 Å². The Bertz CT molecular complexity index is 809. The Hall–Kier alpha value is -2.33. The number of nitrogens with one attached hydrogen (secondary N) is 1. The number of carbonyl (C=O) groups is 2. The van der Waals surface area contributed by atoms with E-state index in [0.717, 1.165) is 0 Å². The summed E-state index contributed by atoms with van der Waals surface area (Å²) in [6.07, 6.45) is 0. The SMILES string of the molecule is COc1ccc(S(=O)(=O)N2CCN3C(=O)CNC(=O)C3C2)cc1OC. The van der Waals surface area contributed by atoms with Crippen LogP contribution in [0.25, 0.3) is 0 Å². The monoisotopic (exact) mass is 369 g/mol. The first-order valence-electron chi connectivity index (χ1n) is 7.68. The van der Waals surface area contributed by atoms with E-state index in [9.17, 15) is 18.0 Å². The molecule has 25 heavy (non-hydrogen) atoms. The lowest BCUT2D eigenvalue weighted by Crippen LogP contribution is -2.66. The zero-order chi connectivity index (χ0) is 18.2. The maximum Gasteiger partial charge on any atom is 0.244 e. The van der Waals surface area contributed by atoms with Crippen LogP contribution in [0, 0.1) is 0 Å². The Morgan fingerprint density at radius 1 is 1.12 bits per heavy atom. The Morgan fingerprint density at radius 2 is 1.84 bits per heavy atom. The summed E-state index contributed by atoms with van der Waals surface area (Å²) in [5.41, 5.74) is 0. The van der Waals surface area contributed by atoms with Crippen LogP contribution < -0.4 is 14.8 Å². The molecule has 2 aliphatic rings. The summed E-state index contributed by atoms with van der Waals surface area (Å²) < 4.78 is 37.3. The lowest BCUT2D eigenvalue weighted by Gasteiger charge is -2.42.